The molecule has 0 spiro atoms. The summed E-state index contributed by atoms with van der Waals surface area (Å²) in [6, 6.07) is 28.8. The van der Waals surface area contributed by atoms with Crippen LogP contribution in [0.4, 0.5) is 17.1 Å². The van der Waals surface area contributed by atoms with Crippen molar-refractivity contribution in [1.82, 2.24) is 0 Å². The van der Waals surface area contributed by atoms with Crippen LogP contribution >= 0.6 is 0 Å². The van der Waals surface area contributed by atoms with Crippen LogP contribution in [0.1, 0.15) is 79.1 Å². The number of carbonyl (C=O) groups excluding carboxylic acids is 1. The average Bonchev–Trinajstić information content (AvgIpc) is 3.66. The molecule has 0 amide bonds. The Bertz CT molecular complexity index is 1810. The molecule has 6 rings (SSSR count). The van der Waals surface area contributed by atoms with E-state index in [1.54, 1.807) is 24.3 Å². The minimum atomic E-state index is -0.470. The van der Waals surface area contributed by atoms with Gasteiger partial charge in [0.1, 0.15) is 5.75 Å². The Hall–Kier alpha value is -5.04. The number of fused-ring (bicyclic) bond motifs is 1. The monoisotopic (exact) mass is 614 g/mol. The van der Waals surface area contributed by atoms with Gasteiger partial charge in [-0.2, -0.15) is 4.58 Å². The fourth-order valence-corrected chi connectivity index (χ4v) is 6.41. The number of rotatable bonds is 9. The van der Waals surface area contributed by atoms with Gasteiger partial charge in [-0.1, -0.05) is 50.2 Å². The number of nitro benzene ring substituents is 1. The Balaban J connectivity index is 1.27. The van der Waals surface area contributed by atoms with E-state index >= 15 is 0 Å². The molecule has 0 radical (unpaired) electrons. The van der Waals surface area contributed by atoms with Crippen molar-refractivity contribution in [3.63, 3.8) is 0 Å². The van der Waals surface area contributed by atoms with Gasteiger partial charge < -0.3 is 9.64 Å². The van der Waals surface area contributed by atoms with Gasteiger partial charge in [-0.25, -0.2) is 4.79 Å². The van der Waals surface area contributed by atoms with Crippen molar-refractivity contribution in [1.29, 1.82) is 0 Å². The summed E-state index contributed by atoms with van der Waals surface area (Å²) in [5.74, 6) is 0.509. The van der Waals surface area contributed by atoms with Crippen LogP contribution in [0, 0.1) is 10.1 Å². The summed E-state index contributed by atoms with van der Waals surface area (Å²) in [5, 5.41) is 11.7. The molecule has 4 aromatic carbocycles. The molecule has 0 N–H and O–H groups in total. The molecule has 0 unspecified atom stereocenters. The van der Waals surface area contributed by atoms with E-state index in [4.69, 9.17) is 4.74 Å². The van der Waals surface area contributed by atoms with Crippen molar-refractivity contribution in [2.75, 3.05) is 18.0 Å². The Labute approximate surface area is 270 Å². The fraction of sp³-hybridized carbons (Fsp3) is 0.282. The molecule has 0 bridgehead atoms. The fourth-order valence-electron chi connectivity index (χ4n) is 6.41. The lowest BCUT2D eigenvalue weighted by atomic mass is 9.81. The number of ether oxygens (including phenoxy) is 1. The summed E-state index contributed by atoms with van der Waals surface area (Å²) >= 11 is 0. The quantitative estimate of drug-likeness (QED) is 0.0619. The molecular formula is C39H40N3O4+. The van der Waals surface area contributed by atoms with Crippen LogP contribution in [0.15, 0.2) is 97.1 Å². The minimum absolute atomic E-state index is 0.0798. The lowest BCUT2D eigenvalue weighted by Gasteiger charge is -2.17. The Morgan fingerprint density at radius 3 is 2.24 bits per heavy atom. The van der Waals surface area contributed by atoms with E-state index in [0.29, 0.717) is 23.8 Å². The highest BCUT2D eigenvalue weighted by molar-refractivity contribution is 6.05. The van der Waals surface area contributed by atoms with Crippen molar-refractivity contribution >= 4 is 34.8 Å². The lowest BCUT2D eigenvalue weighted by Crippen LogP contribution is -2.27. The molecule has 4 aromatic rings. The smallest absolute Gasteiger partial charge is 0.343 e. The number of non-ortho nitro benzene ring substituents is 1. The van der Waals surface area contributed by atoms with Gasteiger partial charge in [-0.3, -0.25) is 10.1 Å². The van der Waals surface area contributed by atoms with Gasteiger partial charge in [0.05, 0.1) is 15.9 Å². The highest BCUT2D eigenvalue weighted by atomic mass is 16.6. The second kappa shape index (κ2) is 12.8. The van der Waals surface area contributed by atoms with E-state index in [0.717, 1.165) is 41.2 Å². The summed E-state index contributed by atoms with van der Waals surface area (Å²) in [5.41, 5.74) is 7.50. The van der Waals surface area contributed by atoms with Crippen molar-refractivity contribution < 1.29 is 19.0 Å². The van der Waals surface area contributed by atoms with Crippen molar-refractivity contribution in [3.05, 3.63) is 135 Å². The van der Waals surface area contributed by atoms with Gasteiger partial charge in [-0.15, -0.1) is 0 Å². The third kappa shape index (κ3) is 6.36. The standard InChI is InChI=1S/C39H40N3O4/c1-27(2)30-14-19-34(20-15-30)46-38(43)31-12-7-29(8-13-31)26-41-36-21-18-33(42(44)45)25-35(36)39(3,4)37(41)22-11-28-9-16-32(17-10-28)40-23-5-6-24-40/h7-22,25,27H,5-6,23-24,26H2,1-4H3/q+1. The van der Waals surface area contributed by atoms with E-state index in [-0.39, 0.29) is 10.6 Å². The van der Waals surface area contributed by atoms with E-state index in [9.17, 15) is 14.9 Å². The average molecular weight is 615 g/mol. The Kier molecular flexibility index (Phi) is 8.59. The molecule has 46 heavy (non-hydrogen) atoms. The molecular weight excluding hydrogens is 574 g/mol. The zero-order valence-corrected chi connectivity index (χ0v) is 26.9. The van der Waals surface area contributed by atoms with Crippen molar-refractivity contribution in [2.45, 2.75) is 58.4 Å². The number of nitrogens with zero attached hydrogens (tertiary/aromatic N) is 3. The third-order valence-electron chi connectivity index (χ3n) is 9.17. The molecule has 1 fully saturated rings. The number of hydrogen-bond donors (Lipinski definition) is 0. The molecule has 1 saturated heterocycles. The number of benzene rings is 4. The highest BCUT2D eigenvalue weighted by Gasteiger charge is 2.45. The number of anilines is 1. The van der Waals surface area contributed by atoms with Gasteiger partial charge >= 0.3 is 5.97 Å². The first kappa shape index (κ1) is 31.0. The molecule has 234 valence electrons. The normalized spacial score (nSPS) is 15.5. The van der Waals surface area contributed by atoms with Crippen LogP contribution in [0.5, 0.6) is 5.75 Å². The van der Waals surface area contributed by atoms with Crippen LogP contribution < -0.4 is 9.64 Å². The van der Waals surface area contributed by atoms with E-state index < -0.39 is 11.4 Å². The summed E-state index contributed by atoms with van der Waals surface area (Å²) in [6.45, 7) is 11.2. The van der Waals surface area contributed by atoms with E-state index in [1.165, 1.54) is 24.1 Å². The van der Waals surface area contributed by atoms with Crippen molar-refractivity contribution in [2.24, 2.45) is 0 Å². The van der Waals surface area contributed by atoms with Gasteiger partial charge in [0.2, 0.25) is 5.69 Å². The summed E-state index contributed by atoms with van der Waals surface area (Å²) in [4.78, 5) is 26.6. The van der Waals surface area contributed by atoms with Crippen LogP contribution in [-0.2, 0) is 12.0 Å². The second-order valence-corrected chi connectivity index (χ2v) is 13.0. The van der Waals surface area contributed by atoms with Crippen LogP contribution in [-0.4, -0.2) is 34.3 Å². The van der Waals surface area contributed by atoms with Gasteiger partial charge in [0.15, 0.2) is 12.3 Å². The molecule has 2 heterocycles. The van der Waals surface area contributed by atoms with E-state index in [1.807, 2.05) is 42.5 Å². The van der Waals surface area contributed by atoms with Crippen molar-refractivity contribution in [3.8, 4) is 5.75 Å². The molecule has 0 saturated carbocycles. The summed E-state index contributed by atoms with van der Waals surface area (Å²) in [6.07, 6.45) is 6.73. The number of nitro groups is 1. The first-order valence-electron chi connectivity index (χ1n) is 16.0. The maximum absolute atomic E-state index is 12.9. The van der Waals surface area contributed by atoms with Gasteiger partial charge in [0, 0.05) is 54.2 Å². The maximum Gasteiger partial charge on any atom is 0.343 e. The van der Waals surface area contributed by atoms with Gasteiger partial charge in [0.25, 0.3) is 5.69 Å². The zero-order chi connectivity index (χ0) is 32.4. The molecule has 7 nitrogen and oxygen atoms in total. The predicted molar refractivity (Wildman–Crippen MR) is 184 cm³/mol. The first-order chi connectivity index (χ1) is 22.1. The molecule has 7 heteroatoms. The number of carbonyl (C=O) groups is 1. The first-order valence-corrected chi connectivity index (χ1v) is 16.0. The summed E-state index contributed by atoms with van der Waals surface area (Å²) in [7, 11) is 0. The predicted octanol–water partition coefficient (Wildman–Crippen LogP) is 8.83. The molecule has 0 aliphatic carbocycles. The second-order valence-electron chi connectivity index (χ2n) is 13.0. The Morgan fingerprint density at radius 2 is 1.61 bits per heavy atom. The summed E-state index contributed by atoms with van der Waals surface area (Å²) < 4.78 is 7.84. The number of hydrogen-bond acceptors (Lipinski definition) is 5. The highest BCUT2D eigenvalue weighted by Crippen LogP contribution is 2.42. The molecule has 0 aromatic heterocycles. The third-order valence-corrected chi connectivity index (χ3v) is 9.17. The zero-order valence-electron chi connectivity index (χ0n) is 26.9. The largest absolute Gasteiger partial charge is 0.423 e. The van der Waals surface area contributed by atoms with Crippen LogP contribution in [0.25, 0.3) is 6.08 Å². The van der Waals surface area contributed by atoms with Crippen LogP contribution in [0.2, 0.25) is 0 Å². The topological polar surface area (TPSA) is 75.7 Å². The lowest BCUT2D eigenvalue weighted by molar-refractivity contribution is -0.455. The Morgan fingerprint density at radius 1 is 0.935 bits per heavy atom. The minimum Gasteiger partial charge on any atom is -0.423 e. The number of esters is 1. The SMILES string of the molecule is CC(C)c1ccc(OC(=O)c2ccc(C[N+]3=C(C=Cc4ccc(N5CCCC5)cc4)C(C)(C)c4cc([N+](=O)[O-])ccc43)cc2)cc1. The molecule has 0 atom stereocenters. The van der Waals surface area contributed by atoms with E-state index in [2.05, 4.69) is 73.6 Å². The molecule has 2 aliphatic rings. The van der Waals surface area contributed by atoms with Gasteiger partial charge in [-0.05, 0) is 86.2 Å². The van der Waals surface area contributed by atoms with Crippen LogP contribution in [0.3, 0.4) is 0 Å². The molecule has 2 aliphatic heterocycles. The number of allylic oxidation sites excluding steroid dienone is 1. The maximum atomic E-state index is 12.9.